The van der Waals surface area contributed by atoms with Crippen LogP contribution in [0, 0.1) is 0 Å². The Morgan fingerprint density at radius 2 is 2.09 bits per heavy atom. The van der Waals surface area contributed by atoms with Gasteiger partial charge in [0.2, 0.25) is 0 Å². The van der Waals surface area contributed by atoms with E-state index in [2.05, 4.69) is 38.4 Å². The summed E-state index contributed by atoms with van der Waals surface area (Å²) in [6.45, 7) is 3.09. The number of halogens is 1. The van der Waals surface area contributed by atoms with Crippen molar-refractivity contribution in [3.63, 3.8) is 0 Å². The van der Waals surface area contributed by atoms with E-state index in [-0.39, 0.29) is 0 Å². The highest BCUT2D eigenvalue weighted by Gasteiger charge is 2.15. The Bertz CT molecular complexity index is 620. The summed E-state index contributed by atoms with van der Waals surface area (Å²) in [7, 11) is 0. The molecule has 0 aliphatic carbocycles. The van der Waals surface area contributed by atoms with Gasteiger partial charge < -0.3 is 14.8 Å². The summed E-state index contributed by atoms with van der Waals surface area (Å²) < 4.78 is 12.4. The van der Waals surface area contributed by atoms with Gasteiger partial charge in [-0.05, 0) is 45.8 Å². The molecule has 1 N–H and O–H groups in total. The van der Waals surface area contributed by atoms with Crippen LogP contribution in [0.2, 0.25) is 0 Å². The predicted molar refractivity (Wildman–Crippen MR) is 89.4 cm³/mol. The lowest BCUT2D eigenvalue weighted by atomic mass is 10.2. The molecular weight excluding hydrogens is 344 g/mol. The van der Waals surface area contributed by atoms with Crippen LogP contribution in [0.5, 0.6) is 11.5 Å². The second kappa shape index (κ2) is 7.61. The van der Waals surface area contributed by atoms with Gasteiger partial charge in [0.05, 0.1) is 17.7 Å². The average molecular weight is 363 g/mol. The molecule has 0 bridgehead atoms. The first-order valence-electron chi connectivity index (χ1n) is 7.51. The van der Waals surface area contributed by atoms with Crippen LogP contribution in [0.15, 0.2) is 41.0 Å². The molecule has 0 amide bonds. The van der Waals surface area contributed by atoms with Crippen LogP contribution in [0.25, 0.3) is 0 Å². The molecule has 0 saturated heterocycles. The van der Waals surface area contributed by atoms with Gasteiger partial charge in [-0.3, -0.25) is 4.98 Å². The van der Waals surface area contributed by atoms with Gasteiger partial charge in [0, 0.05) is 37.8 Å². The summed E-state index contributed by atoms with van der Waals surface area (Å²) in [6.07, 6.45) is 3.67. The van der Waals surface area contributed by atoms with E-state index in [0.717, 1.165) is 47.6 Å². The van der Waals surface area contributed by atoms with E-state index in [1.54, 1.807) is 0 Å². The molecule has 1 aliphatic rings. The second-order valence-corrected chi connectivity index (χ2v) is 6.06. The van der Waals surface area contributed by atoms with Crippen molar-refractivity contribution in [1.29, 1.82) is 0 Å². The highest BCUT2D eigenvalue weighted by Crippen LogP contribution is 2.38. The van der Waals surface area contributed by atoms with Crippen LogP contribution in [-0.2, 0) is 13.0 Å². The molecule has 0 saturated carbocycles. The molecule has 5 heteroatoms. The molecular formula is C17H19BrN2O2. The molecule has 1 aromatic carbocycles. The Morgan fingerprint density at radius 1 is 1.18 bits per heavy atom. The van der Waals surface area contributed by atoms with Gasteiger partial charge >= 0.3 is 0 Å². The summed E-state index contributed by atoms with van der Waals surface area (Å²) >= 11 is 3.57. The fourth-order valence-electron chi connectivity index (χ4n) is 2.38. The third kappa shape index (κ3) is 3.99. The van der Waals surface area contributed by atoms with Crippen molar-refractivity contribution in [2.75, 3.05) is 19.8 Å². The second-order valence-electron chi connectivity index (χ2n) is 5.20. The molecule has 1 aliphatic heterocycles. The molecule has 0 unspecified atom stereocenters. The standard InChI is InChI=1S/C17H19BrN2O2/c18-15-10-13(11-16-17(15)22-9-3-8-21-16)12-19-7-5-14-4-1-2-6-20-14/h1-2,4,6,10-11,19H,3,5,7-9,12H2. The van der Waals surface area contributed by atoms with Gasteiger partial charge in [0.15, 0.2) is 11.5 Å². The molecule has 2 heterocycles. The summed E-state index contributed by atoms with van der Waals surface area (Å²) in [5.74, 6) is 1.64. The van der Waals surface area contributed by atoms with Crippen molar-refractivity contribution in [2.45, 2.75) is 19.4 Å². The summed E-state index contributed by atoms with van der Waals surface area (Å²) in [4.78, 5) is 4.32. The fraction of sp³-hybridized carbons (Fsp3) is 0.353. The Kier molecular flexibility index (Phi) is 5.29. The van der Waals surface area contributed by atoms with Crippen molar-refractivity contribution in [3.05, 3.63) is 52.3 Å². The lowest BCUT2D eigenvalue weighted by molar-refractivity contribution is 0.296. The maximum atomic E-state index is 5.75. The van der Waals surface area contributed by atoms with Crippen LogP contribution in [0.4, 0.5) is 0 Å². The first-order chi connectivity index (χ1) is 10.8. The molecule has 0 radical (unpaired) electrons. The number of aromatic nitrogens is 1. The maximum Gasteiger partial charge on any atom is 0.175 e. The monoisotopic (exact) mass is 362 g/mol. The number of nitrogens with one attached hydrogen (secondary N) is 1. The van der Waals surface area contributed by atoms with Crippen molar-refractivity contribution >= 4 is 15.9 Å². The van der Waals surface area contributed by atoms with Crippen molar-refractivity contribution in [1.82, 2.24) is 10.3 Å². The molecule has 1 aromatic heterocycles. The number of fused-ring (bicyclic) bond motifs is 1. The number of benzene rings is 1. The van der Waals surface area contributed by atoms with Crippen LogP contribution in [0.3, 0.4) is 0 Å². The highest BCUT2D eigenvalue weighted by atomic mass is 79.9. The zero-order valence-corrected chi connectivity index (χ0v) is 13.9. The smallest absolute Gasteiger partial charge is 0.175 e. The Morgan fingerprint density at radius 3 is 2.95 bits per heavy atom. The largest absolute Gasteiger partial charge is 0.490 e. The van der Waals surface area contributed by atoms with Gasteiger partial charge in [-0.25, -0.2) is 0 Å². The molecule has 2 aromatic rings. The summed E-state index contributed by atoms with van der Waals surface area (Å²) in [6, 6.07) is 10.1. The van der Waals surface area contributed by atoms with Crippen LogP contribution < -0.4 is 14.8 Å². The van der Waals surface area contributed by atoms with Gasteiger partial charge in [-0.1, -0.05) is 6.07 Å². The normalized spacial score (nSPS) is 13.7. The average Bonchev–Trinajstić information content (AvgIpc) is 2.78. The van der Waals surface area contributed by atoms with Crippen molar-refractivity contribution in [2.24, 2.45) is 0 Å². The van der Waals surface area contributed by atoms with Crippen molar-refractivity contribution in [3.8, 4) is 11.5 Å². The number of hydrogen-bond donors (Lipinski definition) is 1. The minimum atomic E-state index is 0.702. The van der Waals surface area contributed by atoms with E-state index in [1.807, 2.05) is 24.4 Å². The van der Waals surface area contributed by atoms with Gasteiger partial charge in [-0.15, -0.1) is 0 Å². The number of ether oxygens (including phenoxy) is 2. The Hall–Kier alpha value is -1.59. The quantitative estimate of drug-likeness (QED) is 0.828. The van der Waals surface area contributed by atoms with E-state index in [4.69, 9.17) is 9.47 Å². The van der Waals surface area contributed by atoms with Crippen molar-refractivity contribution < 1.29 is 9.47 Å². The van der Waals surface area contributed by atoms with Gasteiger partial charge in [0.1, 0.15) is 0 Å². The molecule has 4 nitrogen and oxygen atoms in total. The third-order valence-corrected chi connectivity index (χ3v) is 4.06. The van der Waals surface area contributed by atoms with Crippen LogP contribution in [0.1, 0.15) is 17.7 Å². The predicted octanol–water partition coefficient (Wildman–Crippen LogP) is 3.34. The molecule has 3 rings (SSSR count). The lowest BCUT2D eigenvalue weighted by Gasteiger charge is -2.12. The van der Waals surface area contributed by atoms with E-state index in [9.17, 15) is 0 Å². The van der Waals surface area contributed by atoms with E-state index in [0.29, 0.717) is 13.2 Å². The first-order valence-corrected chi connectivity index (χ1v) is 8.31. The van der Waals surface area contributed by atoms with Crippen LogP contribution in [-0.4, -0.2) is 24.7 Å². The zero-order valence-electron chi connectivity index (χ0n) is 12.3. The first kappa shape index (κ1) is 15.3. The SMILES string of the molecule is Brc1cc(CNCCc2ccccn2)cc2c1OCCCO2. The topological polar surface area (TPSA) is 43.4 Å². The van der Waals surface area contributed by atoms with Gasteiger partial charge in [0.25, 0.3) is 0 Å². The van der Waals surface area contributed by atoms with Crippen LogP contribution >= 0.6 is 15.9 Å². The maximum absolute atomic E-state index is 5.75. The summed E-state index contributed by atoms with van der Waals surface area (Å²) in [5.41, 5.74) is 2.28. The molecule has 22 heavy (non-hydrogen) atoms. The van der Waals surface area contributed by atoms with Gasteiger partial charge in [-0.2, -0.15) is 0 Å². The lowest BCUT2D eigenvalue weighted by Crippen LogP contribution is -2.17. The highest BCUT2D eigenvalue weighted by molar-refractivity contribution is 9.10. The number of pyridine rings is 1. The fourth-order valence-corrected chi connectivity index (χ4v) is 2.99. The zero-order chi connectivity index (χ0) is 15.2. The summed E-state index contributed by atoms with van der Waals surface area (Å²) in [5, 5.41) is 3.44. The number of nitrogens with zero attached hydrogens (tertiary/aromatic N) is 1. The third-order valence-electron chi connectivity index (χ3n) is 3.48. The molecule has 116 valence electrons. The number of rotatable bonds is 5. The van der Waals surface area contributed by atoms with E-state index >= 15 is 0 Å². The minimum absolute atomic E-state index is 0.702. The number of hydrogen-bond acceptors (Lipinski definition) is 4. The molecule has 0 atom stereocenters. The Labute approximate surface area is 139 Å². The molecule has 0 fully saturated rings. The van der Waals surface area contributed by atoms with E-state index < -0.39 is 0 Å². The Balaban J connectivity index is 1.56. The van der Waals surface area contributed by atoms with E-state index in [1.165, 1.54) is 5.56 Å². The molecule has 0 spiro atoms. The minimum Gasteiger partial charge on any atom is -0.490 e.